The van der Waals surface area contributed by atoms with Crippen LogP contribution in [-0.2, 0) is 6.42 Å². The molecule has 0 amide bonds. The Morgan fingerprint density at radius 3 is 2.22 bits per heavy atom. The molecule has 1 unspecified atom stereocenters. The highest BCUT2D eigenvalue weighted by molar-refractivity contribution is 9.09. The van der Waals surface area contributed by atoms with Gasteiger partial charge in [-0.05, 0) is 54.3 Å². The Morgan fingerprint density at radius 1 is 1.00 bits per heavy atom. The van der Waals surface area contributed by atoms with Crippen LogP contribution in [0.4, 0.5) is 0 Å². The third kappa shape index (κ3) is 3.50. The van der Waals surface area contributed by atoms with Crippen molar-refractivity contribution >= 4 is 39.1 Å². The van der Waals surface area contributed by atoms with Crippen LogP contribution >= 0.6 is 39.1 Å². The summed E-state index contributed by atoms with van der Waals surface area (Å²) in [7, 11) is 0. The van der Waals surface area contributed by atoms with Crippen molar-refractivity contribution < 1.29 is 0 Å². The molecule has 0 radical (unpaired) electrons. The van der Waals surface area contributed by atoms with Gasteiger partial charge in [0.25, 0.3) is 0 Å². The molecule has 2 aromatic rings. The number of alkyl halides is 1. The topological polar surface area (TPSA) is 0 Å². The molecule has 0 N–H and O–H groups in total. The van der Waals surface area contributed by atoms with Crippen molar-refractivity contribution in [1.29, 1.82) is 0 Å². The van der Waals surface area contributed by atoms with Crippen molar-refractivity contribution in [1.82, 2.24) is 0 Å². The van der Waals surface area contributed by atoms with Gasteiger partial charge < -0.3 is 0 Å². The molecule has 0 heterocycles. The van der Waals surface area contributed by atoms with E-state index >= 15 is 0 Å². The molecule has 1 atom stereocenters. The van der Waals surface area contributed by atoms with Gasteiger partial charge in [0.05, 0.1) is 0 Å². The Kier molecular flexibility index (Phi) is 4.71. The fraction of sp³-hybridized carbons (Fsp3) is 0.200. The highest BCUT2D eigenvalue weighted by Gasteiger charge is 2.11. The third-order valence-corrected chi connectivity index (χ3v) is 4.20. The molecule has 0 fully saturated rings. The fourth-order valence-corrected chi connectivity index (χ4v) is 3.17. The maximum atomic E-state index is 5.97. The van der Waals surface area contributed by atoms with Gasteiger partial charge in [-0.1, -0.05) is 57.3 Å². The summed E-state index contributed by atoms with van der Waals surface area (Å²) >= 11 is 15.6. The van der Waals surface area contributed by atoms with E-state index in [1.54, 1.807) is 0 Å². The van der Waals surface area contributed by atoms with E-state index in [-0.39, 0.29) is 4.83 Å². The van der Waals surface area contributed by atoms with Gasteiger partial charge in [-0.2, -0.15) is 0 Å². The van der Waals surface area contributed by atoms with E-state index in [1.165, 1.54) is 16.7 Å². The van der Waals surface area contributed by atoms with E-state index in [2.05, 4.69) is 41.1 Å². The van der Waals surface area contributed by atoms with E-state index in [0.717, 1.165) is 16.5 Å². The lowest BCUT2D eigenvalue weighted by Gasteiger charge is -2.13. The van der Waals surface area contributed by atoms with Crippen LogP contribution in [0, 0.1) is 6.92 Å². The molecule has 0 saturated carbocycles. The molecule has 0 bridgehead atoms. The highest BCUT2D eigenvalue weighted by Crippen LogP contribution is 2.31. The van der Waals surface area contributed by atoms with Gasteiger partial charge >= 0.3 is 0 Å². The fourth-order valence-electron chi connectivity index (χ4n) is 1.93. The SMILES string of the molecule is Cc1cc(Cl)ccc1C(Br)Cc1ccc(Cl)cc1. The Morgan fingerprint density at radius 2 is 1.61 bits per heavy atom. The molecule has 18 heavy (non-hydrogen) atoms. The number of halogens is 3. The van der Waals surface area contributed by atoms with Crippen molar-refractivity contribution in [2.24, 2.45) is 0 Å². The molecule has 94 valence electrons. The lowest BCUT2D eigenvalue weighted by Crippen LogP contribution is -1.97. The number of aryl methyl sites for hydroxylation is 1. The van der Waals surface area contributed by atoms with Gasteiger partial charge in [0.1, 0.15) is 0 Å². The van der Waals surface area contributed by atoms with Gasteiger partial charge in [-0.3, -0.25) is 0 Å². The summed E-state index contributed by atoms with van der Waals surface area (Å²) in [5, 5.41) is 1.55. The largest absolute Gasteiger partial charge is 0.0843 e. The van der Waals surface area contributed by atoms with Gasteiger partial charge in [-0.15, -0.1) is 0 Å². The first-order valence-corrected chi connectivity index (χ1v) is 7.38. The minimum Gasteiger partial charge on any atom is -0.0843 e. The van der Waals surface area contributed by atoms with Crippen molar-refractivity contribution in [2.75, 3.05) is 0 Å². The summed E-state index contributed by atoms with van der Waals surface area (Å²) in [6, 6.07) is 14.0. The molecule has 0 aliphatic heterocycles. The number of hydrogen-bond donors (Lipinski definition) is 0. The minimum absolute atomic E-state index is 0.288. The average molecular weight is 344 g/mol. The summed E-state index contributed by atoms with van der Waals surface area (Å²) in [6.45, 7) is 2.08. The molecule has 0 aliphatic carbocycles. The Hall–Kier alpha value is -0.500. The summed E-state index contributed by atoms with van der Waals surface area (Å²) in [4.78, 5) is 0.288. The third-order valence-electron chi connectivity index (χ3n) is 2.90. The quantitative estimate of drug-likeness (QED) is 0.601. The van der Waals surface area contributed by atoms with E-state index in [1.807, 2.05) is 24.3 Å². The molecule has 3 heteroatoms. The van der Waals surface area contributed by atoms with Crippen LogP contribution in [0.5, 0.6) is 0 Å². The lowest BCUT2D eigenvalue weighted by atomic mass is 10.0. The van der Waals surface area contributed by atoms with Gasteiger partial charge in [0.2, 0.25) is 0 Å². The Labute approximate surface area is 126 Å². The maximum Gasteiger partial charge on any atom is 0.0438 e. The number of rotatable bonds is 3. The van der Waals surface area contributed by atoms with Crippen molar-refractivity contribution in [2.45, 2.75) is 18.2 Å². The van der Waals surface area contributed by atoms with Crippen LogP contribution in [0.15, 0.2) is 42.5 Å². The van der Waals surface area contributed by atoms with E-state index in [9.17, 15) is 0 Å². The zero-order valence-corrected chi connectivity index (χ0v) is 13.1. The summed E-state index contributed by atoms with van der Waals surface area (Å²) in [5.41, 5.74) is 3.74. The highest BCUT2D eigenvalue weighted by atomic mass is 79.9. The zero-order chi connectivity index (χ0) is 13.1. The first-order chi connectivity index (χ1) is 8.56. The molecule has 0 spiro atoms. The van der Waals surface area contributed by atoms with Crippen LogP contribution in [-0.4, -0.2) is 0 Å². The second-order valence-electron chi connectivity index (χ2n) is 4.30. The van der Waals surface area contributed by atoms with E-state index < -0.39 is 0 Å². The average Bonchev–Trinajstić information content (AvgIpc) is 2.32. The number of benzene rings is 2. The van der Waals surface area contributed by atoms with Crippen LogP contribution in [0.3, 0.4) is 0 Å². The zero-order valence-electron chi connectivity index (χ0n) is 9.96. The van der Waals surface area contributed by atoms with Crippen molar-refractivity contribution in [3.8, 4) is 0 Å². The van der Waals surface area contributed by atoms with Gasteiger partial charge in [-0.25, -0.2) is 0 Å². The first-order valence-electron chi connectivity index (χ1n) is 5.71. The molecule has 2 rings (SSSR count). The normalized spacial score (nSPS) is 12.4. The van der Waals surface area contributed by atoms with Crippen LogP contribution in [0.2, 0.25) is 10.0 Å². The monoisotopic (exact) mass is 342 g/mol. The van der Waals surface area contributed by atoms with Crippen molar-refractivity contribution in [3.63, 3.8) is 0 Å². The Balaban J connectivity index is 2.16. The minimum atomic E-state index is 0.288. The Bertz CT molecular complexity index is 535. The predicted octanol–water partition coefficient (Wildman–Crippen LogP) is 5.98. The van der Waals surface area contributed by atoms with Crippen LogP contribution < -0.4 is 0 Å². The molecule has 0 aliphatic rings. The molecular weight excluding hydrogens is 331 g/mol. The van der Waals surface area contributed by atoms with E-state index in [4.69, 9.17) is 23.2 Å². The molecule has 2 aromatic carbocycles. The molecule has 0 aromatic heterocycles. The molecular formula is C15H13BrCl2. The lowest BCUT2D eigenvalue weighted by molar-refractivity contribution is 0.938. The van der Waals surface area contributed by atoms with Gasteiger partial charge in [0, 0.05) is 14.9 Å². The second kappa shape index (κ2) is 6.10. The first kappa shape index (κ1) is 13.9. The van der Waals surface area contributed by atoms with Gasteiger partial charge in [0.15, 0.2) is 0 Å². The van der Waals surface area contributed by atoms with Crippen LogP contribution in [0.1, 0.15) is 21.5 Å². The van der Waals surface area contributed by atoms with Crippen molar-refractivity contribution in [3.05, 3.63) is 69.2 Å². The predicted molar refractivity (Wildman–Crippen MR) is 83.0 cm³/mol. The standard InChI is InChI=1S/C15H13BrCl2/c1-10-8-13(18)6-7-14(10)15(16)9-11-2-4-12(17)5-3-11/h2-8,15H,9H2,1H3. The van der Waals surface area contributed by atoms with E-state index in [0.29, 0.717) is 0 Å². The number of hydrogen-bond acceptors (Lipinski definition) is 0. The summed E-state index contributed by atoms with van der Waals surface area (Å²) in [5.74, 6) is 0. The smallest absolute Gasteiger partial charge is 0.0438 e. The van der Waals surface area contributed by atoms with Crippen LogP contribution in [0.25, 0.3) is 0 Å². The molecule has 0 nitrogen and oxygen atoms in total. The summed E-state index contributed by atoms with van der Waals surface area (Å²) < 4.78 is 0. The summed E-state index contributed by atoms with van der Waals surface area (Å²) in [6.07, 6.45) is 0.930. The molecule has 0 saturated heterocycles. The second-order valence-corrected chi connectivity index (χ2v) is 6.28. The maximum absolute atomic E-state index is 5.97.